The first-order chi connectivity index (χ1) is 9.40. The largest absolute Gasteiger partial charge is 0.395 e. The van der Waals surface area contributed by atoms with Crippen molar-refractivity contribution in [3.8, 4) is 0 Å². The number of β-amino-alcohol motifs (C(OH)–C–C–N with tert-alkyl or cyclic N) is 1. The molecule has 0 saturated carbocycles. The Morgan fingerprint density at radius 2 is 1.74 bits per heavy atom. The lowest BCUT2D eigenvalue weighted by molar-refractivity contribution is 0.160. The van der Waals surface area contributed by atoms with Crippen molar-refractivity contribution >= 4 is 0 Å². The summed E-state index contributed by atoms with van der Waals surface area (Å²) in [5.74, 6) is 0. The van der Waals surface area contributed by atoms with Gasteiger partial charge in [-0.25, -0.2) is 0 Å². The van der Waals surface area contributed by atoms with Gasteiger partial charge in [0.1, 0.15) is 0 Å². The molecule has 0 unspecified atom stereocenters. The Balaban J connectivity index is 2.05. The number of aliphatic hydroxyl groups excluding tert-OH is 1. The minimum atomic E-state index is 0.214. The van der Waals surface area contributed by atoms with Crippen LogP contribution in [-0.2, 0) is 6.42 Å². The fourth-order valence-corrected chi connectivity index (χ4v) is 3.01. The van der Waals surface area contributed by atoms with Crippen LogP contribution in [0.2, 0.25) is 0 Å². The topological polar surface area (TPSA) is 23.5 Å². The molecule has 1 atom stereocenters. The maximum Gasteiger partial charge on any atom is 0.0605 e. The van der Waals surface area contributed by atoms with Gasteiger partial charge >= 0.3 is 0 Å². The van der Waals surface area contributed by atoms with Crippen LogP contribution in [0.25, 0.3) is 0 Å². The minimum Gasteiger partial charge on any atom is -0.395 e. The molecule has 2 nitrogen and oxygen atoms in total. The summed E-state index contributed by atoms with van der Waals surface area (Å²) < 4.78 is 0. The summed E-state index contributed by atoms with van der Waals surface area (Å²) in [6.45, 7) is 1.95. The van der Waals surface area contributed by atoms with E-state index in [2.05, 4.69) is 59.5 Å². The highest BCUT2D eigenvalue weighted by atomic mass is 16.3. The maximum atomic E-state index is 9.29. The summed E-state index contributed by atoms with van der Waals surface area (Å²) >= 11 is 0. The number of rotatable bonds is 3. The highest BCUT2D eigenvalue weighted by Crippen LogP contribution is 2.34. The summed E-state index contributed by atoms with van der Waals surface area (Å²) in [6.07, 6.45) is 1.07. The molecule has 0 amide bonds. The molecule has 0 aromatic heterocycles. The highest BCUT2D eigenvalue weighted by Gasteiger charge is 2.27. The van der Waals surface area contributed by atoms with Crippen molar-refractivity contribution < 1.29 is 5.11 Å². The lowest BCUT2D eigenvalue weighted by atomic mass is 9.88. The quantitative estimate of drug-likeness (QED) is 0.909. The maximum absolute atomic E-state index is 9.29. The normalized spacial score (nSPS) is 19.1. The van der Waals surface area contributed by atoms with Gasteiger partial charge in [-0.3, -0.25) is 4.90 Å². The van der Waals surface area contributed by atoms with E-state index < -0.39 is 0 Å². The summed E-state index contributed by atoms with van der Waals surface area (Å²) in [5.41, 5.74) is 4.13. The molecular formula is C17H19NO. The summed E-state index contributed by atoms with van der Waals surface area (Å²) in [5, 5.41) is 9.29. The molecule has 1 aliphatic heterocycles. The average molecular weight is 253 g/mol. The van der Waals surface area contributed by atoms with Gasteiger partial charge < -0.3 is 5.11 Å². The summed E-state index contributed by atoms with van der Waals surface area (Å²) in [6, 6.07) is 19.5. The molecule has 0 bridgehead atoms. The van der Waals surface area contributed by atoms with E-state index in [-0.39, 0.29) is 12.6 Å². The molecule has 1 heterocycles. The van der Waals surface area contributed by atoms with E-state index in [9.17, 15) is 5.11 Å². The van der Waals surface area contributed by atoms with Crippen molar-refractivity contribution in [1.29, 1.82) is 0 Å². The van der Waals surface area contributed by atoms with Gasteiger partial charge in [0.2, 0.25) is 0 Å². The zero-order chi connectivity index (χ0) is 13.1. The van der Waals surface area contributed by atoms with Crippen LogP contribution in [0.15, 0.2) is 54.6 Å². The van der Waals surface area contributed by atoms with E-state index >= 15 is 0 Å². The fourth-order valence-electron chi connectivity index (χ4n) is 3.01. The number of nitrogens with zero attached hydrogens (tertiary/aromatic N) is 1. The monoisotopic (exact) mass is 253 g/mol. The molecule has 3 rings (SSSR count). The summed E-state index contributed by atoms with van der Waals surface area (Å²) in [4.78, 5) is 2.37. The molecule has 0 fully saturated rings. The lowest BCUT2D eigenvalue weighted by Gasteiger charge is -2.37. The van der Waals surface area contributed by atoms with Gasteiger partial charge in [-0.1, -0.05) is 54.6 Å². The Labute approximate surface area is 114 Å². The van der Waals surface area contributed by atoms with E-state index in [1.165, 1.54) is 16.7 Å². The number of hydrogen-bond acceptors (Lipinski definition) is 2. The van der Waals surface area contributed by atoms with Crippen LogP contribution in [0.5, 0.6) is 0 Å². The molecule has 1 N–H and O–H groups in total. The van der Waals surface area contributed by atoms with Gasteiger partial charge in [0.25, 0.3) is 0 Å². The second-order valence-corrected chi connectivity index (χ2v) is 5.02. The molecule has 2 aromatic carbocycles. The van der Waals surface area contributed by atoms with Crippen molar-refractivity contribution in [2.24, 2.45) is 0 Å². The molecular weight excluding hydrogens is 234 g/mol. The van der Waals surface area contributed by atoms with Gasteiger partial charge in [-0.2, -0.15) is 0 Å². The third-order valence-corrected chi connectivity index (χ3v) is 3.89. The SMILES string of the molecule is OCCN1CCc2ccccc2[C@H]1c1ccccc1. The highest BCUT2D eigenvalue weighted by molar-refractivity contribution is 5.39. The smallest absolute Gasteiger partial charge is 0.0605 e. The standard InChI is InChI=1S/C17H19NO/c19-13-12-18-11-10-14-6-4-5-9-16(14)17(18)15-7-2-1-3-8-15/h1-9,17,19H,10-13H2/t17-/m1/s1. The first-order valence-electron chi connectivity index (χ1n) is 6.88. The lowest BCUT2D eigenvalue weighted by Crippen LogP contribution is -2.37. The predicted octanol–water partition coefficient (Wildman–Crippen LogP) is 2.63. The van der Waals surface area contributed by atoms with E-state index in [1.807, 2.05) is 0 Å². The predicted molar refractivity (Wildman–Crippen MR) is 77.1 cm³/mol. The first kappa shape index (κ1) is 12.4. The number of benzene rings is 2. The Hall–Kier alpha value is -1.64. The van der Waals surface area contributed by atoms with Crippen LogP contribution in [0.3, 0.4) is 0 Å². The van der Waals surface area contributed by atoms with Crippen molar-refractivity contribution in [2.45, 2.75) is 12.5 Å². The van der Waals surface area contributed by atoms with Gasteiger partial charge in [0, 0.05) is 13.1 Å². The Kier molecular flexibility index (Phi) is 3.62. The number of fused-ring (bicyclic) bond motifs is 1. The van der Waals surface area contributed by atoms with E-state index in [1.54, 1.807) is 0 Å². The molecule has 0 radical (unpaired) electrons. The van der Waals surface area contributed by atoms with Crippen LogP contribution in [-0.4, -0.2) is 29.7 Å². The van der Waals surface area contributed by atoms with Crippen molar-refractivity contribution in [3.63, 3.8) is 0 Å². The van der Waals surface area contributed by atoms with Crippen LogP contribution in [0.1, 0.15) is 22.7 Å². The van der Waals surface area contributed by atoms with Crippen LogP contribution in [0, 0.1) is 0 Å². The number of hydrogen-bond donors (Lipinski definition) is 1. The Bertz CT molecular complexity index is 538. The molecule has 19 heavy (non-hydrogen) atoms. The van der Waals surface area contributed by atoms with Crippen LogP contribution < -0.4 is 0 Å². The average Bonchev–Trinajstić information content (AvgIpc) is 2.48. The molecule has 0 saturated heterocycles. The van der Waals surface area contributed by atoms with Crippen LogP contribution in [0.4, 0.5) is 0 Å². The van der Waals surface area contributed by atoms with Gasteiger partial charge in [-0.15, -0.1) is 0 Å². The second kappa shape index (κ2) is 5.55. The van der Waals surface area contributed by atoms with Crippen molar-refractivity contribution in [1.82, 2.24) is 4.90 Å². The van der Waals surface area contributed by atoms with E-state index in [4.69, 9.17) is 0 Å². The first-order valence-corrected chi connectivity index (χ1v) is 6.88. The van der Waals surface area contributed by atoms with Gasteiger partial charge in [0.15, 0.2) is 0 Å². The number of aliphatic hydroxyl groups is 1. The van der Waals surface area contributed by atoms with Crippen molar-refractivity contribution in [3.05, 3.63) is 71.3 Å². The fraction of sp³-hybridized carbons (Fsp3) is 0.294. The van der Waals surface area contributed by atoms with Crippen LogP contribution >= 0.6 is 0 Å². The second-order valence-electron chi connectivity index (χ2n) is 5.02. The molecule has 0 spiro atoms. The van der Waals surface area contributed by atoms with Gasteiger partial charge in [0.05, 0.1) is 12.6 Å². The molecule has 0 aliphatic carbocycles. The molecule has 2 heteroatoms. The molecule has 2 aromatic rings. The molecule has 98 valence electrons. The van der Waals surface area contributed by atoms with E-state index in [0.29, 0.717) is 0 Å². The Morgan fingerprint density at radius 3 is 2.53 bits per heavy atom. The summed E-state index contributed by atoms with van der Waals surface area (Å²) in [7, 11) is 0. The minimum absolute atomic E-state index is 0.214. The third-order valence-electron chi connectivity index (χ3n) is 3.89. The zero-order valence-corrected chi connectivity index (χ0v) is 11.0. The zero-order valence-electron chi connectivity index (χ0n) is 11.0. The van der Waals surface area contributed by atoms with Gasteiger partial charge in [-0.05, 0) is 23.1 Å². The Morgan fingerprint density at radius 1 is 1.00 bits per heavy atom. The van der Waals surface area contributed by atoms with Crippen molar-refractivity contribution in [2.75, 3.05) is 19.7 Å². The third kappa shape index (κ3) is 2.42. The molecule has 1 aliphatic rings. The van der Waals surface area contributed by atoms with E-state index in [0.717, 1.165) is 19.5 Å².